The van der Waals surface area contributed by atoms with E-state index in [9.17, 15) is 9.59 Å². The fourth-order valence-electron chi connectivity index (χ4n) is 2.26. The first kappa shape index (κ1) is 12.6. The van der Waals surface area contributed by atoms with Gasteiger partial charge >= 0.3 is 0 Å². The quantitative estimate of drug-likeness (QED) is 0.878. The van der Waals surface area contributed by atoms with Gasteiger partial charge in [-0.25, -0.2) is 0 Å². The van der Waals surface area contributed by atoms with Gasteiger partial charge in [-0.05, 0) is 31.5 Å². The van der Waals surface area contributed by atoms with Crippen LogP contribution in [0.2, 0.25) is 0 Å². The molecule has 4 nitrogen and oxygen atoms in total. The molecule has 0 radical (unpaired) electrons. The molecule has 0 saturated carbocycles. The standard InChI is InChI=1S/C14H18N2O2/c1-3-16(12-6-4-5-10(2)7-12)14(18)11-8-13(17)15-9-11/h4-7,11H,3,8-9H2,1-2H3,(H,15,17). The lowest BCUT2D eigenvalue weighted by atomic mass is 10.1. The van der Waals surface area contributed by atoms with Crippen molar-refractivity contribution >= 4 is 17.5 Å². The third-order valence-corrected chi connectivity index (χ3v) is 3.22. The number of amides is 2. The maximum atomic E-state index is 12.4. The van der Waals surface area contributed by atoms with E-state index in [1.807, 2.05) is 38.1 Å². The highest BCUT2D eigenvalue weighted by molar-refractivity contribution is 5.99. The first-order valence-corrected chi connectivity index (χ1v) is 6.26. The summed E-state index contributed by atoms with van der Waals surface area (Å²) in [5.74, 6) is -0.229. The summed E-state index contributed by atoms with van der Waals surface area (Å²) in [5, 5.41) is 2.71. The molecule has 1 aromatic carbocycles. The summed E-state index contributed by atoms with van der Waals surface area (Å²) in [7, 11) is 0. The van der Waals surface area contributed by atoms with Gasteiger partial charge in [0.2, 0.25) is 11.8 Å². The number of rotatable bonds is 3. The molecule has 96 valence electrons. The first-order valence-electron chi connectivity index (χ1n) is 6.26. The summed E-state index contributed by atoms with van der Waals surface area (Å²) >= 11 is 0. The molecular formula is C14H18N2O2. The van der Waals surface area contributed by atoms with Crippen LogP contribution >= 0.6 is 0 Å². The summed E-state index contributed by atoms with van der Waals surface area (Å²) < 4.78 is 0. The third-order valence-electron chi connectivity index (χ3n) is 3.22. The zero-order valence-electron chi connectivity index (χ0n) is 10.8. The zero-order chi connectivity index (χ0) is 13.1. The van der Waals surface area contributed by atoms with E-state index in [4.69, 9.17) is 0 Å². The van der Waals surface area contributed by atoms with Gasteiger partial charge in [0, 0.05) is 25.2 Å². The van der Waals surface area contributed by atoms with Gasteiger partial charge in [-0.2, -0.15) is 0 Å². The Morgan fingerprint density at radius 3 is 2.83 bits per heavy atom. The Labute approximate surface area is 107 Å². The van der Waals surface area contributed by atoms with Gasteiger partial charge in [-0.15, -0.1) is 0 Å². The number of aryl methyl sites for hydroxylation is 1. The number of carbonyl (C=O) groups is 2. The molecule has 2 amide bonds. The Kier molecular flexibility index (Phi) is 3.65. The molecule has 0 bridgehead atoms. The molecule has 4 heteroatoms. The lowest BCUT2D eigenvalue weighted by Gasteiger charge is -2.24. The summed E-state index contributed by atoms with van der Waals surface area (Å²) in [6, 6.07) is 7.87. The molecule has 0 spiro atoms. The van der Waals surface area contributed by atoms with Crippen LogP contribution in [0, 0.1) is 12.8 Å². The van der Waals surface area contributed by atoms with Crippen LogP contribution in [0.3, 0.4) is 0 Å². The summed E-state index contributed by atoms with van der Waals surface area (Å²) in [6.45, 7) is 5.03. The minimum absolute atomic E-state index is 0.0291. The van der Waals surface area contributed by atoms with Crippen LogP contribution in [0.15, 0.2) is 24.3 Å². The number of hydrogen-bond donors (Lipinski definition) is 1. The predicted octanol–water partition coefficient (Wildman–Crippen LogP) is 1.48. The van der Waals surface area contributed by atoms with Gasteiger partial charge in [-0.1, -0.05) is 12.1 Å². The second kappa shape index (κ2) is 5.21. The molecule has 2 rings (SSSR count). The molecule has 0 aliphatic carbocycles. The molecule has 1 N–H and O–H groups in total. The fourth-order valence-corrected chi connectivity index (χ4v) is 2.26. The predicted molar refractivity (Wildman–Crippen MR) is 70.3 cm³/mol. The van der Waals surface area contributed by atoms with Crippen molar-refractivity contribution in [1.29, 1.82) is 0 Å². The van der Waals surface area contributed by atoms with Crippen molar-refractivity contribution in [2.75, 3.05) is 18.0 Å². The van der Waals surface area contributed by atoms with E-state index in [0.717, 1.165) is 11.3 Å². The zero-order valence-corrected chi connectivity index (χ0v) is 10.8. The number of anilines is 1. The minimum atomic E-state index is -0.224. The van der Waals surface area contributed by atoms with Crippen molar-refractivity contribution in [1.82, 2.24) is 5.32 Å². The van der Waals surface area contributed by atoms with Crippen LogP contribution in [0.1, 0.15) is 18.9 Å². The molecule has 1 heterocycles. The highest BCUT2D eigenvalue weighted by Crippen LogP contribution is 2.20. The molecule has 1 fully saturated rings. The van der Waals surface area contributed by atoms with E-state index in [1.54, 1.807) is 4.90 Å². The largest absolute Gasteiger partial charge is 0.355 e. The van der Waals surface area contributed by atoms with Crippen molar-refractivity contribution in [2.24, 2.45) is 5.92 Å². The highest BCUT2D eigenvalue weighted by atomic mass is 16.2. The summed E-state index contributed by atoms with van der Waals surface area (Å²) in [4.78, 5) is 25.3. The van der Waals surface area contributed by atoms with Gasteiger partial charge in [0.25, 0.3) is 0 Å². The molecule has 1 aliphatic heterocycles. The molecule has 1 saturated heterocycles. The van der Waals surface area contributed by atoms with E-state index >= 15 is 0 Å². The number of benzene rings is 1. The van der Waals surface area contributed by atoms with Crippen LogP contribution in [-0.2, 0) is 9.59 Å². The van der Waals surface area contributed by atoms with Crippen molar-refractivity contribution < 1.29 is 9.59 Å². The van der Waals surface area contributed by atoms with Gasteiger partial charge in [0.15, 0.2) is 0 Å². The molecular weight excluding hydrogens is 228 g/mol. The van der Waals surface area contributed by atoms with Crippen LogP contribution in [0.4, 0.5) is 5.69 Å². The Hall–Kier alpha value is -1.84. The van der Waals surface area contributed by atoms with Gasteiger partial charge in [0.1, 0.15) is 0 Å². The molecule has 0 aromatic heterocycles. The van der Waals surface area contributed by atoms with E-state index < -0.39 is 0 Å². The summed E-state index contributed by atoms with van der Waals surface area (Å²) in [5.41, 5.74) is 2.03. The van der Waals surface area contributed by atoms with Crippen LogP contribution < -0.4 is 10.2 Å². The van der Waals surface area contributed by atoms with Gasteiger partial charge in [0.05, 0.1) is 5.92 Å². The molecule has 1 atom stereocenters. The Bertz CT molecular complexity index is 471. The number of carbonyl (C=O) groups excluding carboxylic acids is 2. The van der Waals surface area contributed by atoms with Gasteiger partial charge in [-0.3, -0.25) is 9.59 Å². The number of nitrogens with zero attached hydrogens (tertiary/aromatic N) is 1. The SMILES string of the molecule is CCN(C(=O)C1CNC(=O)C1)c1cccc(C)c1. The van der Waals surface area contributed by atoms with Crippen molar-refractivity contribution in [3.05, 3.63) is 29.8 Å². The lowest BCUT2D eigenvalue weighted by molar-refractivity contribution is -0.124. The Morgan fingerprint density at radius 1 is 1.50 bits per heavy atom. The lowest BCUT2D eigenvalue weighted by Crippen LogP contribution is -2.37. The smallest absolute Gasteiger partial charge is 0.232 e. The highest BCUT2D eigenvalue weighted by Gasteiger charge is 2.31. The van der Waals surface area contributed by atoms with E-state index in [2.05, 4.69) is 5.32 Å². The average Bonchev–Trinajstić information content (AvgIpc) is 2.77. The van der Waals surface area contributed by atoms with Crippen molar-refractivity contribution in [3.63, 3.8) is 0 Å². The normalized spacial score (nSPS) is 18.6. The van der Waals surface area contributed by atoms with Crippen molar-refractivity contribution in [2.45, 2.75) is 20.3 Å². The Balaban J connectivity index is 2.18. The van der Waals surface area contributed by atoms with Crippen LogP contribution in [-0.4, -0.2) is 24.9 Å². The molecule has 1 unspecified atom stereocenters. The van der Waals surface area contributed by atoms with E-state index in [1.165, 1.54) is 0 Å². The van der Waals surface area contributed by atoms with E-state index in [-0.39, 0.29) is 17.7 Å². The second-order valence-electron chi connectivity index (χ2n) is 4.63. The van der Waals surface area contributed by atoms with Crippen molar-refractivity contribution in [3.8, 4) is 0 Å². The third kappa shape index (κ3) is 2.53. The average molecular weight is 246 g/mol. The van der Waals surface area contributed by atoms with Gasteiger partial charge < -0.3 is 10.2 Å². The first-order chi connectivity index (χ1) is 8.61. The minimum Gasteiger partial charge on any atom is -0.355 e. The molecule has 18 heavy (non-hydrogen) atoms. The topological polar surface area (TPSA) is 49.4 Å². The fraction of sp³-hybridized carbons (Fsp3) is 0.429. The maximum Gasteiger partial charge on any atom is 0.232 e. The monoisotopic (exact) mass is 246 g/mol. The van der Waals surface area contributed by atoms with Crippen LogP contribution in [0.25, 0.3) is 0 Å². The molecule has 1 aromatic rings. The number of nitrogens with one attached hydrogen (secondary N) is 1. The van der Waals surface area contributed by atoms with Crippen LogP contribution in [0.5, 0.6) is 0 Å². The number of hydrogen-bond acceptors (Lipinski definition) is 2. The second-order valence-corrected chi connectivity index (χ2v) is 4.63. The summed E-state index contributed by atoms with van der Waals surface area (Å²) in [6.07, 6.45) is 0.307. The maximum absolute atomic E-state index is 12.4. The molecule has 1 aliphatic rings. The Morgan fingerprint density at radius 2 is 2.28 bits per heavy atom. The van der Waals surface area contributed by atoms with E-state index in [0.29, 0.717) is 19.5 Å².